The molecule has 0 aliphatic carbocycles. The number of rotatable bonds is 7. The molecule has 0 aromatic rings. The van der Waals surface area contributed by atoms with Crippen LogP contribution in [0.4, 0.5) is 0 Å². The summed E-state index contributed by atoms with van der Waals surface area (Å²) in [7, 11) is 0. The Morgan fingerprint density at radius 3 is 1.94 bits per heavy atom. The van der Waals surface area contributed by atoms with E-state index >= 15 is 0 Å². The summed E-state index contributed by atoms with van der Waals surface area (Å²) in [6.07, 6.45) is 5.38. The predicted molar refractivity (Wildman–Crippen MR) is 74.8 cm³/mol. The summed E-state index contributed by atoms with van der Waals surface area (Å²) in [6, 6.07) is 0.578. The molecule has 16 heavy (non-hydrogen) atoms. The summed E-state index contributed by atoms with van der Waals surface area (Å²) in [5.41, 5.74) is 0.681. The molecule has 1 atom stereocenters. The van der Waals surface area contributed by atoms with Crippen molar-refractivity contribution < 1.29 is 0 Å². The maximum absolute atomic E-state index is 3.69. The molecule has 0 aliphatic heterocycles. The number of nitrogens with one attached hydrogen (secondary N) is 1. The Morgan fingerprint density at radius 2 is 1.50 bits per heavy atom. The Labute approximate surface area is 103 Å². The van der Waals surface area contributed by atoms with E-state index in [0.717, 1.165) is 0 Å². The van der Waals surface area contributed by atoms with Gasteiger partial charge in [-0.2, -0.15) is 0 Å². The quantitative estimate of drug-likeness (QED) is 0.626. The maximum Gasteiger partial charge on any atom is 0.00949 e. The highest BCUT2D eigenvalue weighted by atomic mass is 14.9. The smallest absolute Gasteiger partial charge is 0.00949 e. The Morgan fingerprint density at radius 1 is 0.938 bits per heavy atom. The van der Waals surface area contributed by atoms with E-state index in [0.29, 0.717) is 16.9 Å². The van der Waals surface area contributed by atoms with Gasteiger partial charge in [0.15, 0.2) is 0 Å². The van der Waals surface area contributed by atoms with Gasteiger partial charge in [-0.3, -0.25) is 0 Å². The minimum atomic E-state index is 0.331. The molecule has 98 valence electrons. The van der Waals surface area contributed by atoms with Crippen molar-refractivity contribution >= 4 is 0 Å². The van der Waals surface area contributed by atoms with E-state index in [1.165, 1.54) is 32.2 Å². The first-order chi connectivity index (χ1) is 7.23. The molecule has 1 unspecified atom stereocenters. The van der Waals surface area contributed by atoms with Gasteiger partial charge in [0.05, 0.1) is 0 Å². The van der Waals surface area contributed by atoms with Crippen LogP contribution in [0.2, 0.25) is 0 Å². The largest absolute Gasteiger partial charge is 0.314 e. The van der Waals surface area contributed by atoms with E-state index in [1.807, 2.05) is 0 Å². The van der Waals surface area contributed by atoms with Crippen LogP contribution >= 0.6 is 0 Å². The third kappa shape index (κ3) is 4.86. The lowest BCUT2D eigenvalue weighted by molar-refractivity contribution is 0.0860. The molecule has 0 fully saturated rings. The van der Waals surface area contributed by atoms with Crippen LogP contribution in [0.25, 0.3) is 0 Å². The maximum atomic E-state index is 3.69. The lowest BCUT2D eigenvalue weighted by atomic mass is 9.65. The van der Waals surface area contributed by atoms with Gasteiger partial charge >= 0.3 is 0 Å². The molecule has 0 aliphatic rings. The fourth-order valence-electron chi connectivity index (χ4n) is 1.78. The average Bonchev–Trinajstić information content (AvgIpc) is 2.15. The number of hydrogen-bond acceptors (Lipinski definition) is 1. The van der Waals surface area contributed by atoms with Crippen LogP contribution in [-0.2, 0) is 0 Å². The van der Waals surface area contributed by atoms with E-state index in [4.69, 9.17) is 0 Å². The minimum Gasteiger partial charge on any atom is -0.314 e. The van der Waals surface area contributed by atoms with E-state index in [-0.39, 0.29) is 0 Å². The van der Waals surface area contributed by atoms with Crippen LogP contribution < -0.4 is 5.32 Å². The van der Waals surface area contributed by atoms with Gasteiger partial charge in [0.2, 0.25) is 0 Å². The van der Waals surface area contributed by atoms with Crippen molar-refractivity contribution in [3.63, 3.8) is 0 Å². The molecule has 0 aromatic heterocycles. The average molecular weight is 227 g/mol. The van der Waals surface area contributed by atoms with Gasteiger partial charge < -0.3 is 5.32 Å². The van der Waals surface area contributed by atoms with Crippen molar-refractivity contribution in [2.75, 3.05) is 6.54 Å². The molecule has 1 N–H and O–H groups in total. The van der Waals surface area contributed by atoms with Crippen LogP contribution in [0.3, 0.4) is 0 Å². The first kappa shape index (κ1) is 16.0. The molecule has 0 radical (unpaired) electrons. The van der Waals surface area contributed by atoms with Crippen molar-refractivity contribution in [1.82, 2.24) is 5.32 Å². The molecular weight excluding hydrogens is 194 g/mol. The molecular formula is C15H33N. The zero-order valence-corrected chi connectivity index (χ0v) is 12.6. The van der Waals surface area contributed by atoms with Crippen molar-refractivity contribution in [1.29, 1.82) is 0 Å². The number of unbranched alkanes of at least 4 members (excludes halogenated alkanes) is 3. The van der Waals surface area contributed by atoms with Crippen LogP contribution in [0.5, 0.6) is 0 Å². The summed E-state index contributed by atoms with van der Waals surface area (Å²) >= 11 is 0. The van der Waals surface area contributed by atoms with Gasteiger partial charge in [0.1, 0.15) is 0 Å². The molecule has 1 nitrogen and oxygen atoms in total. The summed E-state index contributed by atoms with van der Waals surface area (Å²) in [4.78, 5) is 0. The standard InChI is InChI=1S/C15H33N/c1-8-9-10-11-12-16-13(2)15(6,7)14(3,4)5/h13,16H,8-12H2,1-7H3. The topological polar surface area (TPSA) is 12.0 Å². The van der Waals surface area contributed by atoms with Crippen LogP contribution in [0.15, 0.2) is 0 Å². The molecule has 0 aromatic carbocycles. The minimum absolute atomic E-state index is 0.331. The molecule has 0 bridgehead atoms. The second kappa shape index (κ2) is 6.64. The molecule has 0 heterocycles. The summed E-state index contributed by atoms with van der Waals surface area (Å²) in [5.74, 6) is 0. The van der Waals surface area contributed by atoms with Gasteiger partial charge in [0.25, 0.3) is 0 Å². The van der Waals surface area contributed by atoms with Gasteiger partial charge in [-0.05, 0) is 30.7 Å². The normalized spacial score (nSPS) is 15.2. The molecule has 0 spiro atoms. The Balaban J connectivity index is 3.92. The highest BCUT2D eigenvalue weighted by molar-refractivity contribution is 4.90. The van der Waals surface area contributed by atoms with E-state index < -0.39 is 0 Å². The SMILES string of the molecule is CCCCCCNC(C)C(C)(C)C(C)(C)C. The fraction of sp³-hybridized carbons (Fsp3) is 1.00. The second-order valence-corrected chi connectivity index (χ2v) is 6.71. The van der Waals surface area contributed by atoms with E-state index in [9.17, 15) is 0 Å². The Hall–Kier alpha value is -0.0400. The summed E-state index contributed by atoms with van der Waals surface area (Å²) in [6.45, 7) is 17.5. The van der Waals surface area contributed by atoms with Crippen LogP contribution in [0, 0.1) is 10.8 Å². The van der Waals surface area contributed by atoms with E-state index in [1.54, 1.807) is 0 Å². The molecule has 0 amide bonds. The summed E-state index contributed by atoms with van der Waals surface area (Å²) < 4.78 is 0. The molecule has 1 heteroatoms. The second-order valence-electron chi connectivity index (χ2n) is 6.71. The van der Waals surface area contributed by atoms with Crippen molar-refractivity contribution in [3.05, 3.63) is 0 Å². The number of hydrogen-bond donors (Lipinski definition) is 1. The lowest BCUT2D eigenvalue weighted by Gasteiger charge is -2.44. The van der Waals surface area contributed by atoms with Gasteiger partial charge in [-0.15, -0.1) is 0 Å². The molecule has 0 saturated heterocycles. The van der Waals surface area contributed by atoms with Crippen molar-refractivity contribution in [2.24, 2.45) is 10.8 Å². The van der Waals surface area contributed by atoms with Crippen molar-refractivity contribution in [3.8, 4) is 0 Å². The summed E-state index contributed by atoms with van der Waals surface area (Å²) in [5, 5.41) is 3.69. The Kier molecular flexibility index (Phi) is 6.62. The van der Waals surface area contributed by atoms with Crippen LogP contribution in [0.1, 0.15) is 74.1 Å². The molecule has 0 rings (SSSR count). The zero-order chi connectivity index (χ0) is 12.8. The lowest BCUT2D eigenvalue weighted by Crippen LogP contribution is -2.47. The van der Waals surface area contributed by atoms with Gasteiger partial charge in [-0.1, -0.05) is 60.8 Å². The van der Waals surface area contributed by atoms with Crippen molar-refractivity contribution in [2.45, 2.75) is 80.2 Å². The van der Waals surface area contributed by atoms with Gasteiger partial charge in [-0.25, -0.2) is 0 Å². The van der Waals surface area contributed by atoms with Gasteiger partial charge in [0, 0.05) is 6.04 Å². The monoisotopic (exact) mass is 227 g/mol. The highest BCUT2D eigenvalue weighted by Gasteiger charge is 2.37. The first-order valence-corrected chi connectivity index (χ1v) is 6.97. The predicted octanol–water partition coefficient (Wildman–Crippen LogP) is 4.62. The Bertz CT molecular complexity index is 176. The fourth-order valence-corrected chi connectivity index (χ4v) is 1.78. The third-order valence-electron chi connectivity index (χ3n) is 4.50. The highest BCUT2D eigenvalue weighted by Crippen LogP contribution is 2.40. The van der Waals surface area contributed by atoms with E-state index in [2.05, 4.69) is 53.8 Å². The third-order valence-corrected chi connectivity index (χ3v) is 4.50. The zero-order valence-electron chi connectivity index (χ0n) is 12.6. The van der Waals surface area contributed by atoms with Crippen LogP contribution in [-0.4, -0.2) is 12.6 Å². The molecule has 0 saturated carbocycles. The first-order valence-electron chi connectivity index (χ1n) is 6.97.